The summed E-state index contributed by atoms with van der Waals surface area (Å²) in [6.45, 7) is 4.45. The van der Waals surface area contributed by atoms with Gasteiger partial charge in [-0.3, -0.25) is 4.79 Å². The maximum absolute atomic E-state index is 11.8. The molecule has 0 saturated carbocycles. The summed E-state index contributed by atoms with van der Waals surface area (Å²) in [6, 6.07) is 6.19. The molecule has 88 valence electrons. The Kier molecular flexibility index (Phi) is 4.31. The third-order valence-corrected chi connectivity index (χ3v) is 2.71. The highest BCUT2D eigenvalue weighted by atomic mass is 16.3. The van der Waals surface area contributed by atoms with Crippen molar-refractivity contribution in [1.29, 1.82) is 0 Å². The third-order valence-electron chi connectivity index (χ3n) is 2.71. The fourth-order valence-corrected chi connectivity index (χ4v) is 1.25. The highest BCUT2D eigenvalue weighted by molar-refractivity contribution is 5.94. The average Bonchev–Trinajstić information content (AvgIpc) is 2.28. The quantitative estimate of drug-likeness (QED) is 0.714. The van der Waals surface area contributed by atoms with Crippen molar-refractivity contribution in [3.05, 3.63) is 29.8 Å². The van der Waals surface area contributed by atoms with Crippen LogP contribution in [0.1, 0.15) is 24.2 Å². The molecule has 0 aliphatic heterocycles. The molecule has 0 aromatic heterocycles. The lowest BCUT2D eigenvalue weighted by molar-refractivity contribution is 0.0929. The van der Waals surface area contributed by atoms with E-state index in [0.717, 1.165) is 0 Å². The lowest BCUT2D eigenvalue weighted by Gasteiger charge is -2.19. The normalized spacial score (nSPS) is 14.2. The summed E-state index contributed by atoms with van der Waals surface area (Å²) in [6.07, 6.45) is 0. The first kappa shape index (κ1) is 12.5. The molecule has 0 aliphatic rings. The highest BCUT2D eigenvalue weighted by Gasteiger charge is 2.14. The first-order chi connectivity index (χ1) is 7.54. The molecule has 0 radical (unpaired) electrons. The van der Waals surface area contributed by atoms with E-state index >= 15 is 0 Å². The molecule has 1 aromatic rings. The Bertz CT molecular complexity index is 349. The third kappa shape index (κ3) is 3.24. The van der Waals surface area contributed by atoms with E-state index in [1.165, 1.54) is 12.1 Å². The van der Waals surface area contributed by atoms with Crippen molar-refractivity contribution in [3.8, 4) is 5.75 Å². The second-order valence-corrected chi connectivity index (χ2v) is 4.02. The van der Waals surface area contributed by atoms with Gasteiger partial charge in [-0.25, -0.2) is 0 Å². The summed E-state index contributed by atoms with van der Waals surface area (Å²) in [7, 11) is 0. The fourth-order valence-electron chi connectivity index (χ4n) is 1.25. The molecule has 0 spiro atoms. The first-order valence-electron chi connectivity index (χ1n) is 5.34. The van der Waals surface area contributed by atoms with Crippen molar-refractivity contribution in [2.75, 3.05) is 6.54 Å². The molecule has 2 atom stereocenters. The Labute approximate surface area is 95.5 Å². The zero-order valence-electron chi connectivity index (χ0n) is 9.60. The molecule has 4 N–H and O–H groups in total. The fraction of sp³-hybridized carbons (Fsp3) is 0.417. The molecule has 16 heavy (non-hydrogen) atoms. The van der Waals surface area contributed by atoms with E-state index in [-0.39, 0.29) is 23.6 Å². The predicted octanol–water partition coefficient (Wildman–Crippen LogP) is 1.11. The number of nitrogens with two attached hydrogens (primary N) is 1. The van der Waals surface area contributed by atoms with Gasteiger partial charge < -0.3 is 16.2 Å². The van der Waals surface area contributed by atoms with Crippen LogP contribution in [0.25, 0.3) is 0 Å². The summed E-state index contributed by atoms with van der Waals surface area (Å²) in [5.74, 6) is 0.244. The average molecular weight is 222 g/mol. The summed E-state index contributed by atoms with van der Waals surface area (Å²) in [5, 5.41) is 12.0. The van der Waals surface area contributed by atoms with Crippen LogP contribution in [0.3, 0.4) is 0 Å². The molecule has 0 bridgehead atoms. The van der Waals surface area contributed by atoms with Crippen LogP contribution >= 0.6 is 0 Å². The first-order valence-corrected chi connectivity index (χ1v) is 5.34. The number of carbonyl (C=O) groups is 1. The lowest BCUT2D eigenvalue weighted by atomic mass is 10.0. The number of aromatic hydroxyl groups is 1. The van der Waals surface area contributed by atoms with Gasteiger partial charge in [0.2, 0.25) is 0 Å². The molecule has 1 amide bonds. The van der Waals surface area contributed by atoms with Crippen LogP contribution in [-0.4, -0.2) is 23.6 Å². The largest absolute Gasteiger partial charge is 0.508 e. The van der Waals surface area contributed by atoms with Crippen molar-refractivity contribution in [2.45, 2.75) is 19.9 Å². The number of hydrogen-bond acceptors (Lipinski definition) is 3. The monoisotopic (exact) mass is 222 g/mol. The minimum absolute atomic E-state index is 0.0336. The second-order valence-electron chi connectivity index (χ2n) is 4.02. The smallest absolute Gasteiger partial charge is 0.251 e. The Morgan fingerprint density at radius 3 is 2.44 bits per heavy atom. The molecule has 1 aromatic carbocycles. The van der Waals surface area contributed by atoms with E-state index in [9.17, 15) is 4.79 Å². The second kappa shape index (κ2) is 5.51. The minimum Gasteiger partial charge on any atom is -0.508 e. The van der Waals surface area contributed by atoms with E-state index in [1.54, 1.807) is 12.1 Å². The molecule has 0 aliphatic carbocycles. The Balaban J connectivity index is 2.62. The predicted molar refractivity (Wildman–Crippen MR) is 63.3 cm³/mol. The molecular formula is C12H18N2O2. The van der Waals surface area contributed by atoms with E-state index in [0.29, 0.717) is 12.1 Å². The van der Waals surface area contributed by atoms with Crippen LogP contribution in [0.15, 0.2) is 24.3 Å². The molecule has 0 saturated heterocycles. The SMILES string of the molecule is CC(CN)C(C)NC(=O)c1ccc(O)cc1. The van der Waals surface area contributed by atoms with Crippen LogP contribution < -0.4 is 11.1 Å². The van der Waals surface area contributed by atoms with Crippen molar-refractivity contribution in [3.63, 3.8) is 0 Å². The molecule has 1 rings (SSSR count). The summed E-state index contributed by atoms with van der Waals surface area (Å²) < 4.78 is 0. The zero-order chi connectivity index (χ0) is 12.1. The molecule has 4 nitrogen and oxygen atoms in total. The summed E-state index contributed by atoms with van der Waals surface area (Å²) >= 11 is 0. The van der Waals surface area contributed by atoms with Crippen molar-refractivity contribution in [1.82, 2.24) is 5.32 Å². The van der Waals surface area contributed by atoms with Gasteiger partial charge >= 0.3 is 0 Å². The highest BCUT2D eigenvalue weighted by Crippen LogP contribution is 2.10. The number of amides is 1. The minimum atomic E-state index is -0.146. The van der Waals surface area contributed by atoms with Gasteiger partial charge in [0.25, 0.3) is 5.91 Å². The van der Waals surface area contributed by atoms with E-state index in [2.05, 4.69) is 5.32 Å². The van der Waals surface area contributed by atoms with Gasteiger partial charge in [-0.05, 0) is 43.7 Å². The van der Waals surface area contributed by atoms with Gasteiger partial charge in [0, 0.05) is 11.6 Å². The van der Waals surface area contributed by atoms with Gasteiger partial charge in [-0.1, -0.05) is 6.92 Å². The van der Waals surface area contributed by atoms with Crippen LogP contribution in [-0.2, 0) is 0 Å². The van der Waals surface area contributed by atoms with E-state index in [1.807, 2.05) is 13.8 Å². The maximum Gasteiger partial charge on any atom is 0.251 e. The van der Waals surface area contributed by atoms with Gasteiger partial charge in [0.15, 0.2) is 0 Å². The van der Waals surface area contributed by atoms with Gasteiger partial charge in [0.05, 0.1) is 0 Å². The topological polar surface area (TPSA) is 75.3 Å². The number of rotatable bonds is 4. The summed E-state index contributed by atoms with van der Waals surface area (Å²) in [4.78, 5) is 11.8. The molecule has 4 heteroatoms. The number of nitrogens with one attached hydrogen (secondary N) is 1. The van der Waals surface area contributed by atoms with Gasteiger partial charge in [0.1, 0.15) is 5.75 Å². The van der Waals surface area contributed by atoms with Crippen molar-refractivity contribution < 1.29 is 9.90 Å². The molecule has 0 heterocycles. The van der Waals surface area contributed by atoms with Gasteiger partial charge in [-0.2, -0.15) is 0 Å². The lowest BCUT2D eigenvalue weighted by Crippen LogP contribution is -2.39. The number of phenolic OH excluding ortho intramolecular Hbond substituents is 1. The number of benzene rings is 1. The molecular weight excluding hydrogens is 204 g/mol. The van der Waals surface area contributed by atoms with Crippen molar-refractivity contribution in [2.24, 2.45) is 11.7 Å². The van der Waals surface area contributed by atoms with Crippen LogP contribution in [0, 0.1) is 5.92 Å². The number of hydrogen-bond donors (Lipinski definition) is 3. The maximum atomic E-state index is 11.8. The van der Waals surface area contributed by atoms with Crippen molar-refractivity contribution >= 4 is 5.91 Å². The molecule has 2 unspecified atom stereocenters. The Morgan fingerprint density at radius 2 is 1.94 bits per heavy atom. The Hall–Kier alpha value is -1.55. The van der Waals surface area contributed by atoms with Crippen LogP contribution in [0.5, 0.6) is 5.75 Å². The number of phenols is 1. The molecule has 0 fully saturated rings. The Morgan fingerprint density at radius 1 is 1.38 bits per heavy atom. The summed E-state index contributed by atoms with van der Waals surface area (Å²) in [5.41, 5.74) is 6.06. The van der Waals surface area contributed by atoms with E-state index in [4.69, 9.17) is 10.8 Å². The zero-order valence-corrected chi connectivity index (χ0v) is 9.60. The van der Waals surface area contributed by atoms with E-state index < -0.39 is 0 Å². The van der Waals surface area contributed by atoms with Crippen LogP contribution in [0.4, 0.5) is 0 Å². The van der Waals surface area contributed by atoms with Gasteiger partial charge in [-0.15, -0.1) is 0 Å². The van der Waals surface area contributed by atoms with Crippen LogP contribution in [0.2, 0.25) is 0 Å². The standard InChI is InChI=1S/C12H18N2O2/c1-8(7-13)9(2)14-12(16)10-3-5-11(15)6-4-10/h3-6,8-9,15H,7,13H2,1-2H3,(H,14,16). The number of carbonyl (C=O) groups excluding carboxylic acids is 1.